The van der Waals surface area contributed by atoms with Gasteiger partial charge in [0.15, 0.2) is 0 Å². The lowest BCUT2D eigenvalue weighted by Gasteiger charge is -2.32. The van der Waals surface area contributed by atoms with Crippen LogP contribution in [0.15, 0.2) is 23.0 Å². The Morgan fingerprint density at radius 2 is 2.29 bits per heavy atom. The number of hydrogen-bond donors (Lipinski definition) is 3. The van der Waals surface area contributed by atoms with Crippen LogP contribution in [0.1, 0.15) is 18.5 Å². The van der Waals surface area contributed by atoms with E-state index in [-0.39, 0.29) is 5.56 Å². The number of piperidine rings is 1. The predicted molar refractivity (Wildman–Crippen MR) is 53.1 cm³/mol. The zero-order chi connectivity index (χ0) is 10.0. The molecule has 1 aromatic heterocycles. The van der Waals surface area contributed by atoms with E-state index in [1.165, 1.54) is 6.07 Å². The highest BCUT2D eigenvalue weighted by Crippen LogP contribution is 2.25. The minimum absolute atomic E-state index is 0.165. The molecule has 4 heteroatoms. The third kappa shape index (κ3) is 1.71. The molecule has 1 saturated heterocycles. The lowest BCUT2D eigenvalue weighted by Crippen LogP contribution is -2.44. The number of β-amino-alcohol motifs (C(OH)–C–C–N with tert-alkyl or cyclic N) is 1. The molecule has 1 aliphatic heterocycles. The van der Waals surface area contributed by atoms with Crippen molar-refractivity contribution in [2.24, 2.45) is 0 Å². The molecule has 0 aromatic carbocycles. The van der Waals surface area contributed by atoms with Crippen LogP contribution in [0.4, 0.5) is 0 Å². The van der Waals surface area contributed by atoms with Crippen LogP contribution in [0.3, 0.4) is 0 Å². The molecule has 2 heterocycles. The summed E-state index contributed by atoms with van der Waals surface area (Å²) in [5, 5.41) is 13.4. The van der Waals surface area contributed by atoms with Gasteiger partial charge in [0.1, 0.15) is 5.60 Å². The SMILES string of the molecule is O=c1cccc(C2(O)CCCNC2)[nH]1. The molecule has 0 radical (unpaired) electrons. The van der Waals surface area contributed by atoms with Gasteiger partial charge in [-0.15, -0.1) is 0 Å². The van der Waals surface area contributed by atoms with Crippen molar-refractivity contribution in [1.82, 2.24) is 10.3 Å². The van der Waals surface area contributed by atoms with Crippen LogP contribution in [-0.2, 0) is 5.60 Å². The molecular formula is C10H14N2O2. The average molecular weight is 194 g/mol. The average Bonchev–Trinajstić information content (AvgIpc) is 2.19. The first-order valence-corrected chi connectivity index (χ1v) is 4.84. The molecule has 1 unspecified atom stereocenters. The van der Waals surface area contributed by atoms with Gasteiger partial charge >= 0.3 is 0 Å². The Balaban J connectivity index is 2.32. The van der Waals surface area contributed by atoms with E-state index in [2.05, 4.69) is 10.3 Å². The number of rotatable bonds is 1. The third-order valence-electron chi connectivity index (χ3n) is 2.63. The summed E-state index contributed by atoms with van der Waals surface area (Å²) < 4.78 is 0. The molecule has 1 fully saturated rings. The monoisotopic (exact) mass is 194 g/mol. The standard InChI is InChI=1S/C10H14N2O2/c13-9-4-1-3-8(12-9)10(14)5-2-6-11-7-10/h1,3-4,11,14H,2,5-7H2,(H,12,13). The Labute approximate surface area is 82.0 Å². The minimum atomic E-state index is -0.904. The number of aromatic amines is 1. The molecule has 0 spiro atoms. The second kappa shape index (κ2) is 3.55. The van der Waals surface area contributed by atoms with Crippen molar-refractivity contribution >= 4 is 0 Å². The highest BCUT2D eigenvalue weighted by atomic mass is 16.3. The summed E-state index contributed by atoms with van der Waals surface area (Å²) in [5.41, 5.74) is -0.461. The molecule has 4 nitrogen and oxygen atoms in total. The number of H-pyrrole nitrogens is 1. The largest absolute Gasteiger partial charge is 0.382 e. The summed E-state index contributed by atoms with van der Waals surface area (Å²) in [6.45, 7) is 1.44. The second-order valence-electron chi connectivity index (χ2n) is 3.74. The lowest BCUT2D eigenvalue weighted by atomic mass is 9.90. The van der Waals surface area contributed by atoms with Crippen LogP contribution < -0.4 is 10.9 Å². The molecule has 0 amide bonds. The third-order valence-corrected chi connectivity index (χ3v) is 2.63. The smallest absolute Gasteiger partial charge is 0.248 e. The van der Waals surface area contributed by atoms with Crippen LogP contribution in [-0.4, -0.2) is 23.2 Å². The first kappa shape index (κ1) is 9.43. The van der Waals surface area contributed by atoms with Gasteiger partial charge in [-0.1, -0.05) is 6.07 Å². The molecule has 14 heavy (non-hydrogen) atoms. The van der Waals surface area contributed by atoms with E-state index in [0.717, 1.165) is 13.0 Å². The summed E-state index contributed by atoms with van der Waals surface area (Å²) in [6.07, 6.45) is 1.62. The van der Waals surface area contributed by atoms with Crippen molar-refractivity contribution in [3.63, 3.8) is 0 Å². The van der Waals surface area contributed by atoms with E-state index < -0.39 is 5.60 Å². The number of nitrogens with one attached hydrogen (secondary N) is 2. The van der Waals surface area contributed by atoms with Crippen molar-refractivity contribution in [1.29, 1.82) is 0 Å². The Hall–Kier alpha value is -1.13. The van der Waals surface area contributed by atoms with E-state index >= 15 is 0 Å². The first-order chi connectivity index (χ1) is 6.71. The van der Waals surface area contributed by atoms with E-state index in [1.54, 1.807) is 12.1 Å². The summed E-state index contributed by atoms with van der Waals surface area (Å²) in [5.74, 6) is 0. The number of aromatic nitrogens is 1. The van der Waals surface area contributed by atoms with Crippen molar-refractivity contribution in [3.05, 3.63) is 34.2 Å². The van der Waals surface area contributed by atoms with Gasteiger partial charge in [0.05, 0.1) is 5.69 Å². The van der Waals surface area contributed by atoms with Gasteiger partial charge in [0.25, 0.3) is 0 Å². The fraction of sp³-hybridized carbons (Fsp3) is 0.500. The van der Waals surface area contributed by atoms with Gasteiger partial charge in [-0.2, -0.15) is 0 Å². The van der Waals surface area contributed by atoms with E-state index in [1.807, 2.05) is 0 Å². The molecule has 1 aromatic rings. The maximum Gasteiger partial charge on any atom is 0.248 e. The normalized spacial score (nSPS) is 27.5. The van der Waals surface area contributed by atoms with E-state index in [4.69, 9.17) is 0 Å². The van der Waals surface area contributed by atoms with Crippen LogP contribution in [0.5, 0.6) is 0 Å². The molecule has 76 valence electrons. The van der Waals surface area contributed by atoms with Crippen LogP contribution in [0.2, 0.25) is 0 Å². The first-order valence-electron chi connectivity index (χ1n) is 4.84. The molecular weight excluding hydrogens is 180 g/mol. The summed E-state index contributed by atoms with van der Waals surface area (Å²) in [7, 11) is 0. The molecule has 3 N–H and O–H groups in total. The summed E-state index contributed by atoms with van der Waals surface area (Å²) in [4.78, 5) is 13.8. The highest BCUT2D eigenvalue weighted by molar-refractivity contribution is 5.14. The van der Waals surface area contributed by atoms with Gasteiger partial charge < -0.3 is 15.4 Å². The Kier molecular flexibility index (Phi) is 2.39. The quantitative estimate of drug-likeness (QED) is 0.587. The molecule has 2 rings (SSSR count). The van der Waals surface area contributed by atoms with Crippen LogP contribution in [0, 0.1) is 0 Å². The van der Waals surface area contributed by atoms with Crippen LogP contribution in [0.25, 0.3) is 0 Å². The fourth-order valence-electron chi connectivity index (χ4n) is 1.84. The van der Waals surface area contributed by atoms with Crippen molar-refractivity contribution in [2.45, 2.75) is 18.4 Å². The lowest BCUT2D eigenvalue weighted by molar-refractivity contribution is 0.00805. The zero-order valence-corrected chi connectivity index (χ0v) is 7.92. The highest BCUT2D eigenvalue weighted by Gasteiger charge is 2.31. The Bertz CT molecular complexity index is 366. The van der Waals surface area contributed by atoms with Gasteiger partial charge in [-0.3, -0.25) is 4.79 Å². The zero-order valence-electron chi connectivity index (χ0n) is 7.92. The predicted octanol–water partition coefficient (Wildman–Crippen LogP) is -0.0541. The summed E-state index contributed by atoms with van der Waals surface area (Å²) >= 11 is 0. The topological polar surface area (TPSA) is 65.1 Å². The molecule has 0 saturated carbocycles. The van der Waals surface area contributed by atoms with Crippen molar-refractivity contribution < 1.29 is 5.11 Å². The Morgan fingerprint density at radius 3 is 2.93 bits per heavy atom. The van der Waals surface area contributed by atoms with Crippen molar-refractivity contribution in [2.75, 3.05) is 13.1 Å². The number of pyridine rings is 1. The van der Waals surface area contributed by atoms with Crippen LogP contribution >= 0.6 is 0 Å². The molecule has 1 atom stereocenters. The fourth-order valence-corrected chi connectivity index (χ4v) is 1.84. The number of hydrogen-bond acceptors (Lipinski definition) is 3. The van der Waals surface area contributed by atoms with Gasteiger partial charge in [-0.25, -0.2) is 0 Å². The molecule has 0 bridgehead atoms. The van der Waals surface area contributed by atoms with Gasteiger partial charge in [0, 0.05) is 12.6 Å². The number of aliphatic hydroxyl groups is 1. The van der Waals surface area contributed by atoms with Gasteiger partial charge in [-0.05, 0) is 25.5 Å². The molecule has 0 aliphatic carbocycles. The van der Waals surface area contributed by atoms with Gasteiger partial charge in [0.2, 0.25) is 5.56 Å². The maximum absolute atomic E-state index is 11.1. The second-order valence-corrected chi connectivity index (χ2v) is 3.74. The maximum atomic E-state index is 11.1. The molecule has 1 aliphatic rings. The van der Waals surface area contributed by atoms with Crippen molar-refractivity contribution in [3.8, 4) is 0 Å². The summed E-state index contributed by atoms with van der Waals surface area (Å²) in [6, 6.07) is 4.87. The van der Waals surface area contributed by atoms with E-state index in [9.17, 15) is 9.90 Å². The Morgan fingerprint density at radius 1 is 1.43 bits per heavy atom. The minimum Gasteiger partial charge on any atom is -0.382 e. The van der Waals surface area contributed by atoms with E-state index in [0.29, 0.717) is 18.7 Å².